The van der Waals surface area contributed by atoms with Crippen LogP contribution in [-0.4, -0.2) is 21.3 Å². The minimum absolute atomic E-state index is 0.0970. The Bertz CT molecular complexity index is 229. The molecule has 0 N–H and O–H groups in total. The van der Waals surface area contributed by atoms with Crippen LogP contribution in [0.2, 0.25) is 0 Å². The van der Waals surface area contributed by atoms with Gasteiger partial charge in [-0.3, -0.25) is 4.18 Å². The molecule has 0 rings (SSSR count). The third kappa shape index (κ3) is 5.32. The normalized spacial score (nSPS) is 14.7. The summed E-state index contributed by atoms with van der Waals surface area (Å²) in [4.78, 5) is 0. The molecule has 0 aromatic heterocycles. The largest absolute Gasteiger partial charge is 0.270 e. The molecule has 0 aliphatic heterocycles. The van der Waals surface area contributed by atoms with E-state index in [0.29, 0.717) is 5.92 Å². The highest BCUT2D eigenvalue weighted by Gasteiger charge is 2.12. The van der Waals surface area contributed by atoms with Gasteiger partial charge in [-0.2, -0.15) is 8.42 Å². The fourth-order valence-corrected chi connectivity index (χ4v) is 1.14. The molecule has 0 heterocycles. The molecule has 0 bridgehead atoms. The van der Waals surface area contributed by atoms with E-state index in [9.17, 15) is 8.42 Å². The molecule has 1 atom stereocenters. The Morgan fingerprint density at radius 2 is 2.00 bits per heavy atom. The van der Waals surface area contributed by atoms with Gasteiger partial charge >= 0.3 is 0 Å². The van der Waals surface area contributed by atoms with Gasteiger partial charge in [-0.25, -0.2) is 0 Å². The van der Waals surface area contributed by atoms with E-state index in [1.807, 2.05) is 13.8 Å². The van der Waals surface area contributed by atoms with Gasteiger partial charge in [0.05, 0.1) is 12.9 Å². The Morgan fingerprint density at radius 1 is 1.50 bits per heavy atom. The van der Waals surface area contributed by atoms with Gasteiger partial charge in [-0.05, 0) is 5.92 Å². The Hall–Kier alpha value is -0.350. The van der Waals surface area contributed by atoms with Gasteiger partial charge in [0.1, 0.15) is 0 Å². The van der Waals surface area contributed by atoms with Crippen molar-refractivity contribution < 1.29 is 12.6 Å². The summed E-state index contributed by atoms with van der Waals surface area (Å²) >= 11 is 0. The maximum atomic E-state index is 10.6. The summed E-state index contributed by atoms with van der Waals surface area (Å²) in [5.41, 5.74) is 0. The number of rotatable bonds is 5. The molecule has 0 saturated carbocycles. The van der Waals surface area contributed by atoms with E-state index >= 15 is 0 Å². The van der Waals surface area contributed by atoms with Gasteiger partial charge in [0, 0.05) is 5.92 Å². The maximum absolute atomic E-state index is 10.6. The lowest BCUT2D eigenvalue weighted by atomic mass is 9.97. The van der Waals surface area contributed by atoms with Gasteiger partial charge in [-0.1, -0.05) is 19.9 Å². The topological polar surface area (TPSA) is 43.4 Å². The SMILES string of the molecule is C=CC(COS(C)(=O)=O)C(C)C. The van der Waals surface area contributed by atoms with Crippen LogP contribution in [0.25, 0.3) is 0 Å². The van der Waals surface area contributed by atoms with Crippen LogP contribution in [0.5, 0.6) is 0 Å². The molecule has 0 aromatic carbocycles. The highest BCUT2D eigenvalue weighted by molar-refractivity contribution is 7.85. The van der Waals surface area contributed by atoms with E-state index in [0.717, 1.165) is 6.26 Å². The molecule has 0 spiro atoms. The van der Waals surface area contributed by atoms with Crippen LogP contribution in [0, 0.1) is 11.8 Å². The van der Waals surface area contributed by atoms with Crippen LogP contribution >= 0.6 is 0 Å². The quantitative estimate of drug-likeness (QED) is 0.489. The third-order valence-electron chi connectivity index (χ3n) is 1.63. The fraction of sp³-hybridized carbons (Fsp3) is 0.750. The first-order chi connectivity index (χ1) is 5.37. The predicted octanol–water partition coefficient (Wildman–Crippen LogP) is 1.42. The smallest absolute Gasteiger partial charge is 0.264 e. The van der Waals surface area contributed by atoms with Crippen LogP contribution in [0.15, 0.2) is 12.7 Å². The summed E-state index contributed by atoms with van der Waals surface area (Å²) in [6, 6.07) is 0. The fourth-order valence-electron chi connectivity index (χ4n) is 0.735. The lowest BCUT2D eigenvalue weighted by Gasteiger charge is -2.14. The van der Waals surface area contributed by atoms with Crippen LogP contribution in [0.3, 0.4) is 0 Å². The van der Waals surface area contributed by atoms with E-state index in [2.05, 4.69) is 10.8 Å². The van der Waals surface area contributed by atoms with E-state index < -0.39 is 10.1 Å². The Labute approximate surface area is 74.6 Å². The lowest BCUT2D eigenvalue weighted by Crippen LogP contribution is -2.16. The predicted molar refractivity (Wildman–Crippen MR) is 49.3 cm³/mol. The average molecular weight is 192 g/mol. The first-order valence-corrected chi connectivity index (χ1v) is 5.65. The van der Waals surface area contributed by atoms with Gasteiger partial charge in [0.25, 0.3) is 10.1 Å². The van der Waals surface area contributed by atoms with Crippen LogP contribution in [0.1, 0.15) is 13.8 Å². The molecule has 1 unspecified atom stereocenters. The summed E-state index contributed by atoms with van der Waals surface area (Å²) in [5.74, 6) is 0.448. The van der Waals surface area contributed by atoms with Crippen molar-refractivity contribution in [2.45, 2.75) is 13.8 Å². The second-order valence-corrected chi connectivity index (χ2v) is 4.78. The van der Waals surface area contributed by atoms with Crippen molar-refractivity contribution in [2.24, 2.45) is 11.8 Å². The summed E-state index contributed by atoms with van der Waals surface area (Å²) in [6.07, 6.45) is 2.77. The molecule has 4 heteroatoms. The van der Waals surface area contributed by atoms with Crippen LogP contribution < -0.4 is 0 Å². The van der Waals surface area contributed by atoms with E-state index in [4.69, 9.17) is 0 Å². The number of hydrogen-bond donors (Lipinski definition) is 0. The zero-order valence-corrected chi connectivity index (χ0v) is 8.60. The zero-order valence-electron chi connectivity index (χ0n) is 7.78. The summed E-state index contributed by atoms with van der Waals surface area (Å²) in [5, 5.41) is 0. The lowest BCUT2D eigenvalue weighted by molar-refractivity contribution is 0.250. The highest BCUT2D eigenvalue weighted by Crippen LogP contribution is 2.12. The Kier molecular flexibility index (Phi) is 4.49. The monoisotopic (exact) mass is 192 g/mol. The molecule has 3 nitrogen and oxygen atoms in total. The van der Waals surface area contributed by atoms with Crippen molar-refractivity contribution in [3.63, 3.8) is 0 Å². The molecular formula is C8H16O3S. The summed E-state index contributed by atoms with van der Waals surface area (Å²) in [7, 11) is -3.31. The summed E-state index contributed by atoms with van der Waals surface area (Å²) < 4.78 is 25.9. The number of hydrogen-bond acceptors (Lipinski definition) is 3. The molecule has 72 valence electrons. The molecule has 0 aliphatic carbocycles. The van der Waals surface area contributed by atoms with Crippen molar-refractivity contribution in [3.05, 3.63) is 12.7 Å². The first-order valence-electron chi connectivity index (χ1n) is 3.83. The van der Waals surface area contributed by atoms with E-state index in [-0.39, 0.29) is 12.5 Å². The van der Waals surface area contributed by atoms with Crippen LogP contribution in [-0.2, 0) is 14.3 Å². The van der Waals surface area contributed by atoms with Crippen molar-refractivity contribution in [1.82, 2.24) is 0 Å². The summed E-state index contributed by atoms with van der Waals surface area (Å²) in [6.45, 7) is 7.80. The molecule has 12 heavy (non-hydrogen) atoms. The third-order valence-corrected chi connectivity index (χ3v) is 2.20. The minimum Gasteiger partial charge on any atom is -0.270 e. The second-order valence-electron chi connectivity index (χ2n) is 3.13. The maximum Gasteiger partial charge on any atom is 0.264 e. The molecular weight excluding hydrogens is 176 g/mol. The zero-order chi connectivity index (χ0) is 9.78. The van der Waals surface area contributed by atoms with E-state index in [1.54, 1.807) is 6.08 Å². The van der Waals surface area contributed by atoms with Gasteiger partial charge in [0.15, 0.2) is 0 Å². The molecule has 0 fully saturated rings. The molecule has 0 aromatic rings. The van der Waals surface area contributed by atoms with Gasteiger partial charge < -0.3 is 0 Å². The van der Waals surface area contributed by atoms with E-state index in [1.165, 1.54) is 0 Å². The molecule has 0 aliphatic rings. The van der Waals surface area contributed by atoms with Crippen molar-refractivity contribution in [3.8, 4) is 0 Å². The average Bonchev–Trinajstić information content (AvgIpc) is 1.85. The molecule has 0 amide bonds. The molecule has 0 radical (unpaired) electrons. The van der Waals surface area contributed by atoms with Crippen molar-refractivity contribution in [2.75, 3.05) is 12.9 Å². The second kappa shape index (κ2) is 4.62. The van der Waals surface area contributed by atoms with Gasteiger partial charge in [-0.15, -0.1) is 6.58 Å². The van der Waals surface area contributed by atoms with Crippen molar-refractivity contribution in [1.29, 1.82) is 0 Å². The minimum atomic E-state index is -3.31. The highest BCUT2D eigenvalue weighted by atomic mass is 32.2. The Balaban J connectivity index is 3.98. The van der Waals surface area contributed by atoms with Gasteiger partial charge in [0.2, 0.25) is 0 Å². The Morgan fingerprint density at radius 3 is 2.25 bits per heavy atom. The standard InChI is InChI=1S/C8H16O3S/c1-5-8(7(2)3)6-11-12(4,9)10/h5,7-8H,1,6H2,2-4H3. The first kappa shape index (κ1) is 11.6. The molecule has 0 saturated heterocycles. The van der Waals surface area contributed by atoms with Crippen molar-refractivity contribution >= 4 is 10.1 Å². The van der Waals surface area contributed by atoms with Crippen LogP contribution in [0.4, 0.5) is 0 Å².